The van der Waals surface area contributed by atoms with Crippen molar-refractivity contribution in [1.82, 2.24) is 0 Å². The van der Waals surface area contributed by atoms with Gasteiger partial charge in [0.15, 0.2) is 0 Å². The number of rotatable bonds is 5. The summed E-state index contributed by atoms with van der Waals surface area (Å²) in [6, 6.07) is 17.1. The van der Waals surface area contributed by atoms with Crippen LogP contribution < -0.4 is 4.74 Å². The predicted octanol–water partition coefficient (Wildman–Crippen LogP) is 5.46. The van der Waals surface area contributed by atoms with Crippen molar-refractivity contribution in [2.24, 2.45) is 0 Å². The van der Waals surface area contributed by atoms with Crippen LogP contribution in [-0.2, 0) is 6.42 Å². The van der Waals surface area contributed by atoms with E-state index >= 15 is 0 Å². The summed E-state index contributed by atoms with van der Waals surface area (Å²) in [6.07, 6.45) is 1.21. The Hall–Kier alpha value is -1.28. The standard InChI is InChI=1S/C18H21BrO/c1-13(2)20-17-10-8-16(9-11-17)18(19)12-15-6-4-14(3)5-7-15/h4-11,13,18H,12H2,1-3H3. The van der Waals surface area contributed by atoms with Crippen molar-refractivity contribution in [2.45, 2.75) is 38.1 Å². The molecule has 0 fully saturated rings. The first-order valence-electron chi connectivity index (χ1n) is 7.01. The molecule has 2 rings (SSSR count). The summed E-state index contributed by atoms with van der Waals surface area (Å²) in [5.74, 6) is 0.929. The molecule has 0 aliphatic rings. The van der Waals surface area contributed by atoms with E-state index in [-0.39, 0.29) is 6.10 Å². The third-order valence-electron chi connectivity index (χ3n) is 3.15. The second-order valence-electron chi connectivity index (χ2n) is 5.39. The summed E-state index contributed by atoms with van der Waals surface area (Å²) in [4.78, 5) is 0.332. The molecule has 0 aliphatic carbocycles. The van der Waals surface area contributed by atoms with Crippen LogP contribution in [0.5, 0.6) is 5.75 Å². The van der Waals surface area contributed by atoms with E-state index in [4.69, 9.17) is 4.74 Å². The van der Waals surface area contributed by atoms with Crippen molar-refractivity contribution in [3.8, 4) is 5.75 Å². The summed E-state index contributed by atoms with van der Waals surface area (Å²) in [5, 5.41) is 0. The number of aryl methyl sites for hydroxylation is 1. The van der Waals surface area contributed by atoms with E-state index in [1.54, 1.807) is 0 Å². The van der Waals surface area contributed by atoms with E-state index in [1.807, 2.05) is 26.0 Å². The Labute approximate surface area is 130 Å². The predicted molar refractivity (Wildman–Crippen MR) is 88.8 cm³/mol. The SMILES string of the molecule is Cc1ccc(CC(Br)c2ccc(OC(C)C)cc2)cc1. The monoisotopic (exact) mass is 332 g/mol. The molecule has 0 saturated carbocycles. The summed E-state index contributed by atoms with van der Waals surface area (Å²) in [5.41, 5.74) is 3.93. The fourth-order valence-corrected chi connectivity index (χ4v) is 2.76. The Morgan fingerprint density at radius 2 is 1.55 bits per heavy atom. The molecule has 2 heteroatoms. The van der Waals surface area contributed by atoms with Crippen molar-refractivity contribution >= 4 is 15.9 Å². The zero-order valence-corrected chi connectivity index (χ0v) is 13.9. The Bertz CT molecular complexity index is 528. The van der Waals surface area contributed by atoms with Crippen molar-refractivity contribution in [2.75, 3.05) is 0 Å². The van der Waals surface area contributed by atoms with Crippen molar-refractivity contribution < 1.29 is 4.74 Å². The molecular formula is C18H21BrO. The highest BCUT2D eigenvalue weighted by Crippen LogP contribution is 2.28. The molecule has 0 spiro atoms. The maximum absolute atomic E-state index is 5.67. The van der Waals surface area contributed by atoms with Gasteiger partial charge < -0.3 is 4.74 Å². The lowest BCUT2D eigenvalue weighted by molar-refractivity contribution is 0.242. The lowest BCUT2D eigenvalue weighted by atomic mass is 10.0. The summed E-state index contributed by atoms with van der Waals surface area (Å²) < 4.78 is 5.67. The van der Waals surface area contributed by atoms with Crippen LogP contribution in [0.25, 0.3) is 0 Å². The van der Waals surface area contributed by atoms with Crippen LogP contribution in [0.15, 0.2) is 48.5 Å². The van der Waals surface area contributed by atoms with Gasteiger partial charge in [0.25, 0.3) is 0 Å². The molecule has 0 saturated heterocycles. The lowest BCUT2D eigenvalue weighted by Gasteiger charge is -2.13. The molecular weight excluding hydrogens is 312 g/mol. The minimum Gasteiger partial charge on any atom is -0.491 e. The molecule has 20 heavy (non-hydrogen) atoms. The number of benzene rings is 2. The zero-order valence-electron chi connectivity index (χ0n) is 12.3. The maximum Gasteiger partial charge on any atom is 0.119 e. The molecule has 2 aromatic rings. The molecule has 106 valence electrons. The number of ether oxygens (including phenoxy) is 1. The fourth-order valence-electron chi connectivity index (χ4n) is 2.08. The molecule has 0 N–H and O–H groups in total. The highest BCUT2D eigenvalue weighted by molar-refractivity contribution is 9.09. The van der Waals surface area contributed by atoms with E-state index in [9.17, 15) is 0 Å². The highest BCUT2D eigenvalue weighted by atomic mass is 79.9. The van der Waals surface area contributed by atoms with Crippen LogP contribution in [0, 0.1) is 6.92 Å². The maximum atomic E-state index is 5.67. The van der Waals surface area contributed by atoms with Crippen LogP contribution in [0.1, 0.15) is 35.4 Å². The Kier molecular flexibility index (Phi) is 5.24. The van der Waals surface area contributed by atoms with E-state index in [0.29, 0.717) is 4.83 Å². The van der Waals surface area contributed by atoms with Gasteiger partial charge >= 0.3 is 0 Å². The first-order valence-corrected chi connectivity index (χ1v) is 7.92. The quantitative estimate of drug-likeness (QED) is 0.660. The number of halogens is 1. The highest BCUT2D eigenvalue weighted by Gasteiger charge is 2.09. The van der Waals surface area contributed by atoms with E-state index in [1.165, 1.54) is 16.7 Å². The minimum atomic E-state index is 0.216. The third kappa shape index (κ3) is 4.38. The largest absolute Gasteiger partial charge is 0.491 e. The van der Waals surface area contributed by atoms with Gasteiger partial charge in [0.1, 0.15) is 5.75 Å². The topological polar surface area (TPSA) is 9.23 Å². The molecule has 1 atom stereocenters. The Balaban J connectivity index is 2.01. The van der Waals surface area contributed by atoms with Gasteiger partial charge in [-0.15, -0.1) is 0 Å². The molecule has 1 unspecified atom stereocenters. The molecule has 1 nitrogen and oxygen atoms in total. The number of hydrogen-bond acceptors (Lipinski definition) is 1. The summed E-state index contributed by atoms with van der Waals surface area (Å²) in [7, 11) is 0. The second-order valence-corrected chi connectivity index (χ2v) is 6.50. The first-order chi connectivity index (χ1) is 9.54. The number of alkyl halides is 1. The van der Waals surface area contributed by atoms with E-state index < -0.39 is 0 Å². The first kappa shape index (κ1) is 15.1. The minimum absolute atomic E-state index is 0.216. The molecule has 0 aromatic heterocycles. The zero-order chi connectivity index (χ0) is 14.5. The van der Waals surface area contributed by atoms with Gasteiger partial charge in [-0.05, 0) is 50.5 Å². The van der Waals surface area contributed by atoms with Gasteiger partial charge in [-0.25, -0.2) is 0 Å². The van der Waals surface area contributed by atoms with Gasteiger partial charge in [-0.1, -0.05) is 57.9 Å². The molecule has 0 aliphatic heterocycles. The molecule has 0 radical (unpaired) electrons. The molecule has 0 heterocycles. The van der Waals surface area contributed by atoms with Crippen LogP contribution >= 0.6 is 15.9 Å². The van der Waals surface area contributed by atoms with Crippen LogP contribution in [0.4, 0.5) is 0 Å². The number of hydrogen-bond donors (Lipinski definition) is 0. The van der Waals surface area contributed by atoms with Gasteiger partial charge in [0.2, 0.25) is 0 Å². The van der Waals surface area contributed by atoms with E-state index in [2.05, 4.69) is 59.3 Å². The van der Waals surface area contributed by atoms with Crippen molar-refractivity contribution in [3.63, 3.8) is 0 Å². The van der Waals surface area contributed by atoms with Crippen molar-refractivity contribution in [3.05, 3.63) is 65.2 Å². The van der Waals surface area contributed by atoms with Crippen LogP contribution in [0.3, 0.4) is 0 Å². The van der Waals surface area contributed by atoms with Gasteiger partial charge in [-0.2, -0.15) is 0 Å². The fraction of sp³-hybridized carbons (Fsp3) is 0.333. The normalized spacial score (nSPS) is 12.4. The second kappa shape index (κ2) is 6.94. The Morgan fingerprint density at radius 3 is 2.10 bits per heavy atom. The summed E-state index contributed by atoms with van der Waals surface area (Å²) >= 11 is 3.78. The lowest BCUT2D eigenvalue weighted by Crippen LogP contribution is -2.05. The molecule has 0 bridgehead atoms. The molecule has 2 aromatic carbocycles. The van der Waals surface area contributed by atoms with Crippen LogP contribution in [0.2, 0.25) is 0 Å². The van der Waals surface area contributed by atoms with Crippen molar-refractivity contribution in [1.29, 1.82) is 0 Å². The van der Waals surface area contributed by atoms with Crippen LogP contribution in [-0.4, -0.2) is 6.10 Å². The van der Waals surface area contributed by atoms with Gasteiger partial charge in [0, 0.05) is 4.83 Å². The van der Waals surface area contributed by atoms with E-state index in [0.717, 1.165) is 12.2 Å². The Morgan fingerprint density at radius 1 is 0.950 bits per heavy atom. The average molecular weight is 333 g/mol. The summed E-state index contributed by atoms with van der Waals surface area (Å²) in [6.45, 7) is 6.19. The smallest absolute Gasteiger partial charge is 0.119 e. The van der Waals surface area contributed by atoms with Gasteiger partial charge in [0.05, 0.1) is 6.10 Å². The average Bonchev–Trinajstić information content (AvgIpc) is 2.41. The van der Waals surface area contributed by atoms with Gasteiger partial charge in [-0.3, -0.25) is 0 Å². The third-order valence-corrected chi connectivity index (χ3v) is 4.00. The molecule has 0 amide bonds.